The predicted octanol–water partition coefficient (Wildman–Crippen LogP) is 0.893. The first kappa shape index (κ1) is 17.0. The van der Waals surface area contributed by atoms with E-state index in [0.29, 0.717) is 0 Å². The van der Waals surface area contributed by atoms with E-state index in [4.69, 9.17) is 0 Å². The molecule has 0 atom stereocenters. The number of hydrogen-bond acceptors (Lipinski definition) is 3. The Morgan fingerprint density at radius 3 is 2.32 bits per heavy atom. The van der Waals surface area contributed by atoms with Crippen molar-refractivity contribution < 1.29 is 14.4 Å². The van der Waals surface area contributed by atoms with Crippen LogP contribution in [-0.2, 0) is 20.8 Å². The molecule has 1 saturated carbocycles. The van der Waals surface area contributed by atoms with Crippen LogP contribution in [0.25, 0.3) is 10.8 Å². The lowest BCUT2D eigenvalue weighted by molar-refractivity contribution is -0.127. The van der Waals surface area contributed by atoms with Crippen LogP contribution in [-0.4, -0.2) is 36.9 Å². The molecular formula is C19H21N3O3. The van der Waals surface area contributed by atoms with Crippen molar-refractivity contribution in [2.24, 2.45) is 0 Å². The zero-order valence-electron chi connectivity index (χ0n) is 13.9. The number of carbonyl (C=O) groups excluding carboxylic acids is 3. The van der Waals surface area contributed by atoms with Crippen molar-refractivity contribution in [2.45, 2.75) is 25.3 Å². The second-order valence-electron chi connectivity index (χ2n) is 6.21. The fourth-order valence-electron chi connectivity index (χ4n) is 2.61. The van der Waals surface area contributed by atoms with Gasteiger partial charge in [0.2, 0.25) is 17.7 Å². The quantitative estimate of drug-likeness (QED) is 0.700. The SMILES string of the molecule is O=C(CNC(=O)Cc1cccc2ccccc12)NCC(=O)NC1CC1. The summed E-state index contributed by atoms with van der Waals surface area (Å²) in [5.74, 6) is -0.802. The minimum Gasteiger partial charge on any atom is -0.352 e. The molecule has 1 fully saturated rings. The van der Waals surface area contributed by atoms with Crippen LogP contribution in [0, 0.1) is 0 Å². The monoisotopic (exact) mass is 339 g/mol. The van der Waals surface area contributed by atoms with Gasteiger partial charge in [0.15, 0.2) is 0 Å². The second-order valence-corrected chi connectivity index (χ2v) is 6.21. The van der Waals surface area contributed by atoms with Crippen molar-refractivity contribution >= 4 is 28.5 Å². The highest BCUT2D eigenvalue weighted by Crippen LogP contribution is 2.19. The van der Waals surface area contributed by atoms with Gasteiger partial charge in [-0.3, -0.25) is 14.4 Å². The first-order valence-corrected chi connectivity index (χ1v) is 8.41. The van der Waals surface area contributed by atoms with E-state index in [1.807, 2.05) is 42.5 Å². The molecule has 0 bridgehead atoms. The van der Waals surface area contributed by atoms with Gasteiger partial charge in [-0.15, -0.1) is 0 Å². The van der Waals surface area contributed by atoms with Crippen molar-refractivity contribution in [1.82, 2.24) is 16.0 Å². The minimum atomic E-state index is -0.378. The second kappa shape index (κ2) is 7.79. The van der Waals surface area contributed by atoms with E-state index in [1.54, 1.807) is 0 Å². The standard InChI is InChI=1S/C19H21N3O3/c23-17(10-14-6-3-5-13-4-1-2-7-16(13)14)20-11-18(24)21-12-19(25)22-15-8-9-15/h1-7,15H,8-12H2,(H,20,23)(H,21,24)(H,22,25). The normalized spacial score (nSPS) is 13.3. The molecule has 0 aromatic heterocycles. The first-order chi connectivity index (χ1) is 12.1. The fourth-order valence-corrected chi connectivity index (χ4v) is 2.61. The summed E-state index contributed by atoms with van der Waals surface area (Å²) in [4.78, 5) is 35.3. The molecule has 6 nitrogen and oxygen atoms in total. The Balaban J connectivity index is 1.44. The van der Waals surface area contributed by atoms with Crippen LogP contribution in [0.2, 0.25) is 0 Å². The van der Waals surface area contributed by atoms with Crippen LogP contribution in [0.1, 0.15) is 18.4 Å². The van der Waals surface area contributed by atoms with E-state index in [9.17, 15) is 14.4 Å². The van der Waals surface area contributed by atoms with E-state index in [-0.39, 0.29) is 43.3 Å². The average Bonchev–Trinajstić information content (AvgIpc) is 3.42. The summed E-state index contributed by atoms with van der Waals surface area (Å²) in [6.45, 7) is -0.200. The zero-order chi connectivity index (χ0) is 17.6. The van der Waals surface area contributed by atoms with Crippen LogP contribution in [0.3, 0.4) is 0 Å². The number of hydrogen-bond donors (Lipinski definition) is 3. The number of carbonyl (C=O) groups is 3. The van der Waals surface area contributed by atoms with Gasteiger partial charge in [0.1, 0.15) is 0 Å². The van der Waals surface area contributed by atoms with Gasteiger partial charge in [-0.05, 0) is 29.2 Å². The summed E-state index contributed by atoms with van der Waals surface area (Å²) >= 11 is 0. The molecule has 0 radical (unpaired) electrons. The minimum absolute atomic E-state index is 0.0610. The van der Waals surface area contributed by atoms with E-state index < -0.39 is 0 Å². The molecule has 6 heteroatoms. The summed E-state index contributed by atoms with van der Waals surface area (Å²) in [6.07, 6.45) is 2.21. The molecule has 3 amide bonds. The maximum atomic E-state index is 12.1. The Bertz CT molecular complexity index is 794. The van der Waals surface area contributed by atoms with Gasteiger partial charge in [0.25, 0.3) is 0 Å². The molecule has 1 aliphatic rings. The van der Waals surface area contributed by atoms with Gasteiger partial charge in [0.05, 0.1) is 19.5 Å². The van der Waals surface area contributed by atoms with Crippen LogP contribution in [0.15, 0.2) is 42.5 Å². The first-order valence-electron chi connectivity index (χ1n) is 8.41. The smallest absolute Gasteiger partial charge is 0.239 e. The number of benzene rings is 2. The van der Waals surface area contributed by atoms with Crippen LogP contribution in [0.4, 0.5) is 0 Å². The molecule has 2 aromatic rings. The van der Waals surface area contributed by atoms with Gasteiger partial charge in [-0.25, -0.2) is 0 Å². The molecule has 25 heavy (non-hydrogen) atoms. The third-order valence-electron chi connectivity index (χ3n) is 4.07. The van der Waals surface area contributed by atoms with Crippen molar-refractivity contribution in [3.05, 3.63) is 48.0 Å². The summed E-state index contributed by atoms with van der Waals surface area (Å²) in [7, 11) is 0. The van der Waals surface area contributed by atoms with Gasteiger partial charge >= 0.3 is 0 Å². The number of amides is 3. The lowest BCUT2D eigenvalue weighted by Crippen LogP contribution is -2.42. The van der Waals surface area contributed by atoms with Gasteiger partial charge in [-0.1, -0.05) is 42.5 Å². The van der Waals surface area contributed by atoms with Gasteiger partial charge < -0.3 is 16.0 Å². The number of rotatable bonds is 7. The van der Waals surface area contributed by atoms with Crippen molar-refractivity contribution in [2.75, 3.05) is 13.1 Å². The molecule has 2 aromatic carbocycles. The Morgan fingerprint density at radius 2 is 1.52 bits per heavy atom. The Labute approximate surface area is 146 Å². The molecular weight excluding hydrogens is 318 g/mol. The van der Waals surface area contributed by atoms with Crippen LogP contribution in [0.5, 0.6) is 0 Å². The summed E-state index contributed by atoms with van der Waals surface area (Å²) in [6, 6.07) is 13.9. The average molecular weight is 339 g/mol. The topological polar surface area (TPSA) is 87.3 Å². The Kier molecular flexibility index (Phi) is 5.28. The van der Waals surface area contributed by atoms with E-state index >= 15 is 0 Å². The summed E-state index contributed by atoms with van der Waals surface area (Å²) in [5.41, 5.74) is 0.916. The molecule has 3 rings (SSSR count). The van der Waals surface area contributed by atoms with E-state index in [2.05, 4.69) is 16.0 Å². The van der Waals surface area contributed by atoms with Gasteiger partial charge in [0, 0.05) is 6.04 Å². The molecule has 0 spiro atoms. The number of nitrogens with one attached hydrogen (secondary N) is 3. The van der Waals surface area contributed by atoms with Gasteiger partial charge in [-0.2, -0.15) is 0 Å². The molecule has 0 unspecified atom stereocenters. The van der Waals surface area contributed by atoms with Crippen molar-refractivity contribution in [3.8, 4) is 0 Å². The molecule has 0 saturated heterocycles. The predicted molar refractivity (Wildman–Crippen MR) is 94.8 cm³/mol. The van der Waals surface area contributed by atoms with E-state index in [1.165, 1.54) is 0 Å². The van der Waals surface area contributed by atoms with Crippen LogP contribution >= 0.6 is 0 Å². The largest absolute Gasteiger partial charge is 0.352 e. The molecule has 130 valence electrons. The molecule has 0 aliphatic heterocycles. The summed E-state index contributed by atoms with van der Waals surface area (Å²) < 4.78 is 0. The Morgan fingerprint density at radius 1 is 0.840 bits per heavy atom. The van der Waals surface area contributed by atoms with Crippen LogP contribution < -0.4 is 16.0 Å². The van der Waals surface area contributed by atoms with E-state index in [0.717, 1.165) is 29.2 Å². The lowest BCUT2D eigenvalue weighted by atomic mass is 10.0. The Hall–Kier alpha value is -2.89. The highest BCUT2D eigenvalue weighted by Gasteiger charge is 2.23. The third kappa shape index (κ3) is 5.04. The molecule has 0 heterocycles. The highest BCUT2D eigenvalue weighted by atomic mass is 16.2. The van der Waals surface area contributed by atoms with Crippen molar-refractivity contribution in [1.29, 1.82) is 0 Å². The maximum absolute atomic E-state index is 12.1. The molecule has 1 aliphatic carbocycles. The maximum Gasteiger partial charge on any atom is 0.239 e. The fraction of sp³-hybridized carbons (Fsp3) is 0.316. The van der Waals surface area contributed by atoms with Crippen molar-refractivity contribution in [3.63, 3.8) is 0 Å². The third-order valence-corrected chi connectivity index (χ3v) is 4.07. The molecule has 3 N–H and O–H groups in total. The summed E-state index contributed by atoms with van der Waals surface area (Å²) in [5, 5.41) is 9.98. The lowest BCUT2D eigenvalue weighted by Gasteiger charge is -2.09. The number of fused-ring (bicyclic) bond motifs is 1. The highest BCUT2D eigenvalue weighted by molar-refractivity contribution is 5.92. The zero-order valence-corrected chi connectivity index (χ0v) is 13.9.